The van der Waals surface area contributed by atoms with E-state index in [0.29, 0.717) is 6.61 Å². The maximum absolute atomic E-state index is 5.35. The van der Waals surface area contributed by atoms with Gasteiger partial charge < -0.3 is 9.40 Å². The van der Waals surface area contributed by atoms with Crippen molar-refractivity contribution in [1.82, 2.24) is 4.57 Å². The highest BCUT2D eigenvalue weighted by Crippen LogP contribution is 2.38. The van der Waals surface area contributed by atoms with Crippen molar-refractivity contribution < 1.29 is 4.84 Å². The van der Waals surface area contributed by atoms with Crippen LogP contribution in [0.2, 0.25) is 0 Å². The third-order valence-electron chi connectivity index (χ3n) is 5.78. The standard InChI is InChI=1S/C25H24N2O/c1-3-17-9-11-18(12-10-17)27-23-8-6-5-7-21(23)25-20-13-15-22(26-28-4-2)19(20)14-16-24(25)27/h5-12,14,16H,3-4,13,15H2,1-2H3. The molecular weight excluding hydrogens is 344 g/mol. The van der Waals surface area contributed by atoms with Gasteiger partial charge in [0.25, 0.3) is 0 Å². The summed E-state index contributed by atoms with van der Waals surface area (Å²) in [5.41, 5.74) is 8.81. The number of hydrogen-bond donors (Lipinski definition) is 0. The molecule has 4 aromatic rings. The van der Waals surface area contributed by atoms with Crippen molar-refractivity contribution in [2.45, 2.75) is 33.1 Å². The van der Waals surface area contributed by atoms with Crippen LogP contribution in [0.4, 0.5) is 0 Å². The van der Waals surface area contributed by atoms with Crippen LogP contribution in [-0.4, -0.2) is 16.9 Å². The van der Waals surface area contributed by atoms with Crippen molar-refractivity contribution in [2.24, 2.45) is 5.16 Å². The highest BCUT2D eigenvalue weighted by Gasteiger charge is 2.24. The van der Waals surface area contributed by atoms with Crippen molar-refractivity contribution in [3.63, 3.8) is 0 Å². The predicted molar refractivity (Wildman–Crippen MR) is 117 cm³/mol. The lowest BCUT2D eigenvalue weighted by molar-refractivity contribution is 0.158. The van der Waals surface area contributed by atoms with Gasteiger partial charge in [-0.3, -0.25) is 0 Å². The van der Waals surface area contributed by atoms with Gasteiger partial charge in [-0.05, 0) is 61.6 Å². The van der Waals surface area contributed by atoms with Crippen molar-refractivity contribution in [3.8, 4) is 5.69 Å². The minimum absolute atomic E-state index is 0.605. The third kappa shape index (κ3) is 2.54. The lowest BCUT2D eigenvalue weighted by Crippen LogP contribution is -1.97. The first-order valence-corrected chi connectivity index (χ1v) is 10.1. The quantitative estimate of drug-likeness (QED) is 0.404. The number of rotatable bonds is 4. The van der Waals surface area contributed by atoms with Gasteiger partial charge in [0.2, 0.25) is 0 Å². The Labute approximate surface area is 165 Å². The lowest BCUT2D eigenvalue weighted by Gasteiger charge is -2.09. The summed E-state index contributed by atoms with van der Waals surface area (Å²) in [4.78, 5) is 5.35. The van der Waals surface area contributed by atoms with Crippen LogP contribution in [0.25, 0.3) is 27.5 Å². The normalized spacial score (nSPS) is 14.9. The van der Waals surface area contributed by atoms with Gasteiger partial charge in [0.15, 0.2) is 0 Å². The smallest absolute Gasteiger partial charge is 0.114 e. The van der Waals surface area contributed by atoms with E-state index >= 15 is 0 Å². The molecule has 0 radical (unpaired) electrons. The van der Waals surface area contributed by atoms with E-state index in [4.69, 9.17) is 4.84 Å². The van der Waals surface area contributed by atoms with E-state index in [0.717, 1.165) is 25.0 Å². The van der Waals surface area contributed by atoms with E-state index in [-0.39, 0.29) is 0 Å². The summed E-state index contributed by atoms with van der Waals surface area (Å²) in [6, 6.07) is 22.1. The van der Waals surface area contributed by atoms with Crippen LogP contribution in [0.1, 0.15) is 37.0 Å². The van der Waals surface area contributed by atoms with Crippen LogP contribution in [-0.2, 0) is 17.7 Å². The molecule has 1 aliphatic rings. The zero-order chi connectivity index (χ0) is 19.1. The second-order valence-electron chi connectivity index (χ2n) is 7.31. The number of fused-ring (bicyclic) bond motifs is 5. The summed E-state index contributed by atoms with van der Waals surface area (Å²) in [6.45, 7) is 4.77. The van der Waals surface area contributed by atoms with E-state index in [2.05, 4.69) is 77.3 Å². The van der Waals surface area contributed by atoms with Gasteiger partial charge in [-0.2, -0.15) is 0 Å². The minimum atomic E-state index is 0.605. The predicted octanol–water partition coefficient (Wildman–Crippen LogP) is 6.03. The summed E-state index contributed by atoms with van der Waals surface area (Å²) in [6.07, 6.45) is 3.02. The summed E-state index contributed by atoms with van der Waals surface area (Å²) in [5.74, 6) is 0. The first-order valence-electron chi connectivity index (χ1n) is 10.1. The Hall–Kier alpha value is -3.07. The van der Waals surface area contributed by atoms with Gasteiger partial charge in [0.1, 0.15) is 6.61 Å². The van der Waals surface area contributed by atoms with Crippen molar-refractivity contribution in [2.75, 3.05) is 6.61 Å². The molecule has 0 saturated carbocycles. The first-order chi connectivity index (χ1) is 13.8. The molecule has 0 amide bonds. The number of aromatic nitrogens is 1. The molecule has 0 N–H and O–H groups in total. The third-order valence-corrected chi connectivity index (χ3v) is 5.78. The van der Waals surface area contributed by atoms with Gasteiger partial charge in [0, 0.05) is 22.0 Å². The lowest BCUT2D eigenvalue weighted by atomic mass is 10.0. The fourth-order valence-corrected chi connectivity index (χ4v) is 4.44. The van der Waals surface area contributed by atoms with Gasteiger partial charge in [0.05, 0.1) is 16.7 Å². The van der Waals surface area contributed by atoms with Crippen LogP contribution in [0, 0.1) is 0 Å². The molecule has 0 atom stereocenters. The maximum atomic E-state index is 5.35. The van der Waals surface area contributed by atoms with Gasteiger partial charge in [-0.1, -0.05) is 48.5 Å². The Morgan fingerprint density at radius 1 is 0.893 bits per heavy atom. The second-order valence-corrected chi connectivity index (χ2v) is 7.31. The number of aryl methyl sites for hydroxylation is 2. The summed E-state index contributed by atoms with van der Waals surface area (Å²) >= 11 is 0. The molecule has 0 aliphatic heterocycles. The monoisotopic (exact) mass is 368 g/mol. The van der Waals surface area contributed by atoms with Crippen LogP contribution in [0.5, 0.6) is 0 Å². The maximum Gasteiger partial charge on any atom is 0.114 e. The molecule has 140 valence electrons. The Morgan fingerprint density at radius 2 is 1.71 bits per heavy atom. The van der Waals surface area contributed by atoms with Crippen molar-refractivity contribution >= 4 is 27.5 Å². The minimum Gasteiger partial charge on any atom is -0.396 e. The number of para-hydroxylation sites is 1. The van der Waals surface area contributed by atoms with E-state index in [1.807, 2.05) is 6.92 Å². The second kappa shape index (κ2) is 6.83. The van der Waals surface area contributed by atoms with Gasteiger partial charge in [-0.15, -0.1) is 0 Å². The summed E-state index contributed by atoms with van der Waals surface area (Å²) < 4.78 is 2.39. The zero-order valence-electron chi connectivity index (χ0n) is 16.4. The fraction of sp³-hybridized carbons (Fsp3) is 0.240. The van der Waals surface area contributed by atoms with Gasteiger partial charge >= 0.3 is 0 Å². The average molecular weight is 368 g/mol. The Morgan fingerprint density at radius 3 is 2.50 bits per heavy atom. The molecule has 0 bridgehead atoms. The number of benzene rings is 3. The molecule has 1 aromatic heterocycles. The Kier molecular flexibility index (Phi) is 4.16. The Balaban J connectivity index is 1.80. The zero-order valence-corrected chi connectivity index (χ0v) is 16.4. The molecule has 0 spiro atoms. The molecule has 3 aromatic carbocycles. The van der Waals surface area contributed by atoms with Crippen LogP contribution >= 0.6 is 0 Å². The first kappa shape index (κ1) is 17.1. The molecule has 0 saturated heterocycles. The van der Waals surface area contributed by atoms with Crippen LogP contribution < -0.4 is 0 Å². The number of nitrogens with zero attached hydrogens (tertiary/aromatic N) is 2. The van der Waals surface area contributed by atoms with Gasteiger partial charge in [-0.25, -0.2) is 0 Å². The highest BCUT2D eigenvalue weighted by atomic mass is 16.6. The van der Waals surface area contributed by atoms with Crippen molar-refractivity contribution in [1.29, 1.82) is 0 Å². The number of hydrogen-bond acceptors (Lipinski definition) is 2. The van der Waals surface area contributed by atoms with E-state index in [1.54, 1.807) is 0 Å². The summed E-state index contributed by atoms with van der Waals surface area (Å²) in [7, 11) is 0. The van der Waals surface area contributed by atoms with E-state index < -0.39 is 0 Å². The molecule has 1 aliphatic carbocycles. The molecule has 5 rings (SSSR count). The Bertz CT molecular complexity index is 1200. The average Bonchev–Trinajstić information content (AvgIpc) is 3.31. The summed E-state index contributed by atoms with van der Waals surface area (Å²) in [5, 5.41) is 7.03. The topological polar surface area (TPSA) is 26.5 Å². The largest absolute Gasteiger partial charge is 0.396 e. The fourth-order valence-electron chi connectivity index (χ4n) is 4.44. The van der Waals surface area contributed by atoms with E-state index in [9.17, 15) is 0 Å². The highest BCUT2D eigenvalue weighted by molar-refractivity contribution is 6.16. The molecular formula is C25H24N2O. The van der Waals surface area contributed by atoms with E-state index in [1.165, 1.54) is 44.2 Å². The molecule has 28 heavy (non-hydrogen) atoms. The molecule has 0 fully saturated rings. The molecule has 0 unspecified atom stereocenters. The number of oxime groups is 1. The SMILES string of the molecule is CCON=C1CCc2c1ccc1c2c2ccccc2n1-c1ccc(CC)cc1. The molecule has 3 heteroatoms. The van der Waals surface area contributed by atoms with Crippen LogP contribution in [0.3, 0.4) is 0 Å². The molecule has 1 heterocycles. The molecule has 3 nitrogen and oxygen atoms in total. The van der Waals surface area contributed by atoms with Crippen LogP contribution in [0.15, 0.2) is 65.8 Å². The van der Waals surface area contributed by atoms with Crippen molar-refractivity contribution in [3.05, 3.63) is 77.4 Å².